The molecule has 26 heavy (non-hydrogen) atoms. The van der Waals surface area contributed by atoms with E-state index in [2.05, 4.69) is 58.9 Å². The molecule has 0 spiro atoms. The first-order valence-electron chi connectivity index (χ1n) is 9.42. The van der Waals surface area contributed by atoms with Crippen LogP contribution in [-0.2, 0) is 17.6 Å². The van der Waals surface area contributed by atoms with Crippen LogP contribution in [0.1, 0.15) is 30.4 Å². The van der Waals surface area contributed by atoms with Gasteiger partial charge in [-0.15, -0.1) is 24.0 Å². The molecular formula is C20H33IN4O. The molecule has 0 radical (unpaired) electrons. The van der Waals surface area contributed by atoms with E-state index in [1.54, 1.807) is 0 Å². The number of fused-ring (bicyclic) bond motifs is 1. The average Bonchev–Trinajstić information content (AvgIpc) is 2.65. The van der Waals surface area contributed by atoms with E-state index in [0.717, 1.165) is 57.8 Å². The molecule has 0 saturated carbocycles. The maximum absolute atomic E-state index is 5.56. The molecule has 1 fully saturated rings. The predicted octanol–water partition coefficient (Wildman–Crippen LogP) is 2.44. The lowest BCUT2D eigenvalue weighted by Crippen LogP contribution is -2.58. The Morgan fingerprint density at radius 1 is 1.23 bits per heavy atom. The summed E-state index contributed by atoms with van der Waals surface area (Å²) in [5.41, 5.74) is 3.11. The molecule has 0 bridgehead atoms. The Hall–Kier alpha value is -0.860. The monoisotopic (exact) mass is 472 g/mol. The topological polar surface area (TPSA) is 48.9 Å². The molecule has 3 rings (SSSR count). The number of aryl methyl sites for hydroxylation is 1. The number of nitrogens with zero attached hydrogens (tertiary/aromatic N) is 2. The van der Waals surface area contributed by atoms with Crippen LogP contribution in [0.25, 0.3) is 0 Å². The molecule has 2 N–H and O–H groups in total. The van der Waals surface area contributed by atoms with E-state index in [0.29, 0.717) is 6.04 Å². The van der Waals surface area contributed by atoms with E-state index in [4.69, 9.17) is 4.74 Å². The Bertz CT molecular complexity index is 599. The third-order valence-electron chi connectivity index (χ3n) is 5.87. The lowest BCUT2D eigenvalue weighted by atomic mass is 9.88. The van der Waals surface area contributed by atoms with E-state index in [-0.39, 0.29) is 29.5 Å². The minimum Gasteiger partial charge on any atom is -0.381 e. The molecule has 1 aromatic carbocycles. The number of benzene rings is 1. The molecule has 1 aliphatic carbocycles. The second-order valence-corrected chi connectivity index (χ2v) is 7.51. The van der Waals surface area contributed by atoms with Crippen molar-refractivity contribution in [1.82, 2.24) is 15.5 Å². The summed E-state index contributed by atoms with van der Waals surface area (Å²) in [6.45, 7) is 2.57. The number of likely N-dealkylation sites (N-methyl/N-ethyl adjacent to an activating group) is 1. The van der Waals surface area contributed by atoms with E-state index < -0.39 is 0 Å². The second kappa shape index (κ2) is 9.90. The van der Waals surface area contributed by atoms with Gasteiger partial charge in [-0.1, -0.05) is 24.3 Å². The van der Waals surface area contributed by atoms with Crippen LogP contribution in [-0.4, -0.2) is 63.3 Å². The minimum atomic E-state index is 0. The van der Waals surface area contributed by atoms with Crippen LogP contribution in [0, 0.1) is 0 Å². The lowest BCUT2D eigenvalue weighted by molar-refractivity contribution is -0.00503. The van der Waals surface area contributed by atoms with Crippen molar-refractivity contribution in [2.75, 3.05) is 40.9 Å². The van der Waals surface area contributed by atoms with Crippen LogP contribution in [0.3, 0.4) is 0 Å². The highest BCUT2D eigenvalue weighted by Crippen LogP contribution is 2.25. The molecule has 0 aromatic heterocycles. The quantitative estimate of drug-likeness (QED) is 0.402. The van der Waals surface area contributed by atoms with Gasteiger partial charge in [0.25, 0.3) is 0 Å². The molecule has 6 heteroatoms. The van der Waals surface area contributed by atoms with Crippen LogP contribution >= 0.6 is 24.0 Å². The molecule has 1 unspecified atom stereocenters. The molecule has 146 valence electrons. The summed E-state index contributed by atoms with van der Waals surface area (Å²) in [4.78, 5) is 6.80. The normalized spacial score (nSPS) is 22.3. The summed E-state index contributed by atoms with van der Waals surface area (Å²) in [7, 11) is 6.20. The molecular weight excluding hydrogens is 439 g/mol. The first-order chi connectivity index (χ1) is 12.1. The molecule has 1 atom stereocenters. The van der Waals surface area contributed by atoms with Crippen LogP contribution < -0.4 is 10.6 Å². The molecule has 1 heterocycles. The van der Waals surface area contributed by atoms with E-state index in [1.165, 1.54) is 11.1 Å². The van der Waals surface area contributed by atoms with Crippen LogP contribution in [0.2, 0.25) is 0 Å². The number of hydrogen-bond acceptors (Lipinski definition) is 3. The number of guanidine groups is 1. The van der Waals surface area contributed by atoms with E-state index in [1.807, 2.05) is 7.05 Å². The second-order valence-electron chi connectivity index (χ2n) is 7.51. The molecule has 1 aromatic rings. The predicted molar refractivity (Wildman–Crippen MR) is 119 cm³/mol. The summed E-state index contributed by atoms with van der Waals surface area (Å²) < 4.78 is 5.56. The van der Waals surface area contributed by atoms with Gasteiger partial charge in [-0.3, -0.25) is 4.99 Å². The van der Waals surface area contributed by atoms with Crippen molar-refractivity contribution >= 4 is 29.9 Å². The highest BCUT2D eigenvalue weighted by Gasteiger charge is 2.35. The molecule has 0 amide bonds. The first-order valence-corrected chi connectivity index (χ1v) is 9.42. The van der Waals surface area contributed by atoms with Crippen LogP contribution in [0.5, 0.6) is 0 Å². The van der Waals surface area contributed by atoms with E-state index >= 15 is 0 Å². The molecule has 1 saturated heterocycles. The van der Waals surface area contributed by atoms with Gasteiger partial charge in [0, 0.05) is 38.4 Å². The van der Waals surface area contributed by atoms with Gasteiger partial charge >= 0.3 is 0 Å². The largest absolute Gasteiger partial charge is 0.381 e. The summed E-state index contributed by atoms with van der Waals surface area (Å²) in [5.74, 6) is 0.914. The standard InChI is InChI=1S/C20H32N4O.HI/c1-21-19(22-15-20(24(2)3)10-12-25-13-11-20)23-18-9-8-16-6-4-5-7-17(16)14-18;/h4-7,18H,8-15H2,1-3H3,(H2,21,22,23);1H. The average molecular weight is 472 g/mol. The van der Waals surface area contributed by atoms with Gasteiger partial charge in [-0.05, 0) is 57.3 Å². The number of aliphatic imine (C=N–C) groups is 1. The summed E-state index contributed by atoms with van der Waals surface area (Å²) in [5, 5.41) is 7.21. The number of nitrogens with one attached hydrogen (secondary N) is 2. The highest BCUT2D eigenvalue weighted by atomic mass is 127. The van der Waals surface area contributed by atoms with Crippen molar-refractivity contribution in [1.29, 1.82) is 0 Å². The Morgan fingerprint density at radius 3 is 2.58 bits per heavy atom. The fourth-order valence-electron chi connectivity index (χ4n) is 3.99. The van der Waals surface area contributed by atoms with E-state index in [9.17, 15) is 0 Å². The number of hydrogen-bond donors (Lipinski definition) is 2. The Labute approximate surface area is 175 Å². The number of halogens is 1. The maximum Gasteiger partial charge on any atom is 0.191 e. The zero-order valence-electron chi connectivity index (χ0n) is 16.3. The van der Waals surface area contributed by atoms with Gasteiger partial charge in [0.1, 0.15) is 0 Å². The fraction of sp³-hybridized carbons (Fsp3) is 0.650. The zero-order valence-corrected chi connectivity index (χ0v) is 18.6. The maximum atomic E-state index is 5.56. The Balaban J connectivity index is 0.00000243. The fourth-order valence-corrected chi connectivity index (χ4v) is 3.99. The molecule has 1 aliphatic heterocycles. The SMILES string of the molecule is CN=C(NCC1(N(C)C)CCOCC1)NC1CCc2ccccc2C1.I. The van der Waals surface area contributed by atoms with Crippen molar-refractivity contribution in [2.24, 2.45) is 4.99 Å². The summed E-state index contributed by atoms with van der Waals surface area (Å²) >= 11 is 0. The zero-order chi connectivity index (χ0) is 17.7. The van der Waals surface area contributed by atoms with Crippen molar-refractivity contribution in [2.45, 2.75) is 43.7 Å². The minimum absolute atomic E-state index is 0. The third-order valence-corrected chi connectivity index (χ3v) is 5.87. The number of ether oxygens (including phenoxy) is 1. The van der Waals surface area contributed by atoms with Crippen molar-refractivity contribution in [3.05, 3.63) is 35.4 Å². The first kappa shape index (κ1) is 21.4. The Morgan fingerprint density at radius 2 is 1.92 bits per heavy atom. The van der Waals surface area contributed by atoms with Crippen molar-refractivity contribution in [3.8, 4) is 0 Å². The number of rotatable bonds is 4. The van der Waals surface area contributed by atoms with Crippen molar-refractivity contribution in [3.63, 3.8) is 0 Å². The summed E-state index contributed by atoms with van der Waals surface area (Å²) in [6.07, 6.45) is 5.49. The van der Waals surface area contributed by atoms with Gasteiger partial charge in [0.2, 0.25) is 0 Å². The van der Waals surface area contributed by atoms with Gasteiger partial charge in [0.15, 0.2) is 5.96 Å². The summed E-state index contributed by atoms with van der Waals surface area (Å²) in [6, 6.07) is 9.24. The third kappa shape index (κ3) is 5.10. The van der Waals surface area contributed by atoms with Crippen LogP contribution in [0.15, 0.2) is 29.3 Å². The molecule has 5 nitrogen and oxygen atoms in total. The van der Waals surface area contributed by atoms with Crippen LogP contribution in [0.4, 0.5) is 0 Å². The smallest absolute Gasteiger partial charge is 0.191 e. The van der Waals surface area contributed by atoms with Gasteiger partial charge < -0.3 is 20.3 Å². The Kier molecular flexibility index (Phi) is 8.16. The highest BCUT2D eigenvalue weighted by molar-refractivity contribution is 14.0. The molecule has 2 aliphatic rings. The van der Waals surface area contributed by atoms with Gasteiger partial charge in [-0.25, -0.2) is 0 Å². The van der Waals surface area contributed by atoms with Gasteiger partial charge in [0.05, 0.1) is 0 Å². The van der Waals surface area contributed by atoms with Crippen molar-refractivity contribution < 1.29 is 4.74 Å². The van der Waals surface area contributed by atoms with Gasteiger partial charge in [-0.2, -0.15) is 0 Å². The lowest BCUT2D eigenvalue weighted by Gasteiger charge is -2.43.